The van der Waals surface area contributed by atoms with Gasteiger partial charge in [-0.25, -0.2) is 0 Å². The molecule has 0 aromatic carbocycles. The molecular weight excluding hydrogens is 845 g/mol. The Balaban J connectivity index is 4.46. The lowest BCUT2D eigenvalue weighted by Crippen LogP contribution is -2.34. The zero-order valence-corrected chi connectivity index (χ0v) is 42.0. The number of unbranched alkanes of at least 4 members (excludes halogenated alkanes) is 24. The number of rotatable bonds is 52. The molecule has 0 aromatic rings. The maximum Gasteiger partial charge on any atom is 0.306 e. The van der Waals surface area contributed by atoms with Crippen LogP contribution in [0.3, 0.4) is 0 Å². The van der Waals surface area contributed by atoms with Crippen molar-refractivity contribution in [1.82, 2.24) is 0 Å². The molecule has 0 aliphatic carbocycles. The number of aliphatic hydroxyl groups excluding tert-OH is 5. The van der Waals surface area contributed by atoms with Gasteiger partial charge in [-0.05, 0) is 64.2 Å². The van der Waals surface area contributed by atoms with Crippen molar-refractivity contribution in [3.8, 4) is 0 Å². The van der Waals surface area contributed by atoms with E-state index < -0.39 is 43.7 Å². The predicted octanol–water partition coefficient (Wildman–Crippen LogP) is 9.80. The Morgan fingerprint density at radius 1 is 0.364 bits per heavy atom. The number of carbonyl (C=O) groups is 2. The number of hydrogen-bond donors (Lipinski definition) is 5. The van der Waals surface area contributed by atoms with Gasteiger partial charge >= 0.3 is 11.9 Å². The SMILES string of the molecule is CCCCCCC/C=C\CCCCCCCCC(=O)OC(COCC(O)CO)COCC(O)COCC(COCC(O)CO)OC(=O)CCCCCCCC/C=C\CCCCCCCCC. The average Bonchev–Trinajstić information content (AvgIpc) is 3.30. The maximum absolute atomic E-state index is 12.7. The Kier molecular flexibility index (Phi) is 49.4. The Morgan fingerprint density at radius 2 is 0.621 bits per heavy atom. The van der Waals surface area contributed by atoms with Gasteiger partial charge in [0.25, 0.3) is 0 Å². The van der Waals surface area contributed by atoms with Crippen molar-refractivity contribution in [3.05, 3.63) is 24.3 Å². The second-order valence-electron chi connectivity index (χ2n) is 18.1. The number of esters is 2. The van der Waals surface area contributed by atoms with Gasteiger partial charge in [-0.15, -0.1) is 0 Å². The molecule has 0 rings (SSSR count). The summed E-state index contributed by atoms with van der Waals surface area (Å²) in [6.07, 6.45) is 38.0. The van der Waals surface area contributed by atoms with Crippen LogP contribution in [0.4, 0.5) is 0 Å². The molecule has 0 aliphatic heterocycles. The van der Waals surface area contributed by atoms with Crippen LogP contribution < -0.4 is 0 Å². The lowest BCUT2D eigenvalue weighted by Gasteiger charge is -2.21. The summed E-state index contributed by atoms with van der Waals surface area (Å²) in [7, 11) is 0. The topological polar surface area (TPSA) is 191 Å². The molecule has 5 atom stereocenters. The molecule has 13 heteroatoms. The van der Waals surface area contributed by atoms with Crippen LogP contribution in [0.1, 0.15) is 206 Å². The zero-order chi connectivity index (χ0) is 48.4. The quantitative estimate of drug-likeness (QED) is 0.0220. The first-order valence-electron chi connectivity index (χ1n) is 26.5. The van der Waals surface area contributed by atoms with E-state index in [4.69, 9.17) is 38.6 Å². The van der Waals surface area contributed by atoms with E-state index in [0.717, 1.165) is 51.4 Å². The van der Waals surface area contributed by atoms with E-state index in [0.29, 0.717) is 12.8 Å². The number of ether oxygens (including phenoxy) is 6. The van der Waals surface area contributed by atoms with Gasteiger partial charge in [0.1, 0.15) is 30.5 Å². The molecule has 13 nitrogen and oxygen atoms in total. The van der Waals surface area contributed by atoms with Gasteiger partial charge in [-0.1, -0.05) is 154 Å². The average molecular weight is 945 g/mol. The van der Waals surface area contributed by atoms with Crippen molar-refractivity contribution < 1.29 is 63.5 Å². The Hall–Kier alpha value is -1.94. The summed E-state index contributed by atoms with van der Waals surface area (Å²) in [5.74, 6) is -0.757. The first-order valence-corrected chi connectivity index (χ1v) is 26.5. The molecule has 0 spiro atoms. The van der Waals surface area contributed by atoms with Crippen molar-refractivity contribution in [2.45, 2.75) is 237 Å². The second kappa shape index (κ2) is 50.9. The minimum absolute atomic E-state index is 0.0574. The predicted molar refractivity (Wildman–Crippen MR) is 263 cm³/mol. The van der Waals surface area contributed by atoms with Crippen LogP contribution >= 0.6 is 0 Å². The molecule has 0 saturated heterocycles. The highest BCUT2D eigenvalue weighted by molar-refractivity contribution is 5.69. The summed E-state index contributed by atoms with van der Waals surface area (Å²) >= 11 is 0. The van der Waals surface area contributed by atoms with E-state index in [-0.39, 0.29) is 77.6 Å². The van der Waals surface area contributed by atoms with Gasteiger partial charge < -0.3 is 54.0 Å². The van der Waals surface area contributed by atoms with E-state index in [9.17, 15) is 24.9 Å². The van der Waals surface area contributed by atoms with Gasteiger partial charge in [-0.3, -0.25) is 9.59 Å². The minimum Gasteiger partial charge on any atom is -0.457 e. The third-order valence-electron chi connectivity index (χ3n) is 11.3. The molecule has 66 heavy (non-hydrogen) atoms. The molecule has 0 saturated carbocycles. The van der Waals surface area contributed by atoms with Crippen LogP contribution in [0.15, 0.2) is 24.3 Å². The third kappa shape index (κ3) is 47.1. The fourth-order valence-electron chi connectivity index (χ4n) is 7.25. The number of allylic oxidation sites excluding steroid dienone is 4. The summed E-state index contributed by atoms with van der Waals surface area (Å²) in [5, 5.41) is 48.1. The monoisotopic (exact) mass is 945 g/mol. The molecule has 0 amide bonds. The Bertz CT molecular complexity index is 1090. The van der Waals surface area contributed by atoms with Gasteiger partial charge in [-0.2, -0.15) is 0 Å². The van der Waals surface area contributed by atoms with Crippen molar-refractivity contribution in [2.24, 2.45) is 0 Å². The van der Waals surface area contributed by atoms with Gasteiger partial charge in [0.2, 0.25) is 0 Å². The molecule has 5 N–H and O–H groups in total. The van der Waals surface area contributed by atoms with Crippen LogP contribution in [0.5, 0.6) is 0 Å². The van der Waals surface area contributed by atoms with E-state index in [1.54, 1.807) is 0 Å². The molecular formula is C53H100O13. The molecule has 0 fully saturated rings. The van der Waals surface area contributed by atoms with Crippen molar-refractivity contribution >= 4 is 11.9 Å². The van der Waals surface area contributed by atoms with E-state index in [2.05, 4.69) is 38.2 Å². The largest absolute Gasteiger partial charge is 0.457 e. The summed E-state index contributed by atoms with van der Waals surface area (Å²) in [5.41, 5.74) is 0. The first kappa shape index (κ1) is 64.1. The fourth-order valence-corrected chi connectivity index (χ4v) is 7.25. The molecule has 0 bridgehead atoms. The van der Waals surface area contributed by atoms with Crippen LogP contribution in [0.2, 0.25) is 0 Å². The highest BCUT2D eigenvalue weighted by Crippen LogP contribution is 2.14. The van der Waals surface area contributed by atoms with Crippen LogP contribution in [-0.4, -0.2) is 134 Å². The number of carbonyl (C=O) groups excluding carboxylic acids is 2. The molecule has 0 heterocycles. The van der Waals surface area contributed by atoms with Crippen molar-refractivity contribution in [1.29, 1.82) is 0 Å². The molecule has 0 aliphatic rings. The second-order valence-corrected chi connectivity index (χ2v) is 18.1. The summed E-state index contributed by atoms with van der Waals surface area (Å²) in [4.78, 5) is 25.4. The zero-order valence-electron chi connectivity index (χ0n) is 42.0. The van der Waals surface area contributed by atoms with Crippen LogP contribution in [0.25, 0.3) is 0 Å². The number of aliphatic hydroxyl groups is 5. The maximum atomic E-state index is 12.7. The van der Waals surface area contributed by atoms with Gasteiger partial charge in [0.15, 0.2) is 0 Å². The standard InChI is InChI=1S/C53H100O13/c1-3-5-7-9-11-13-15-17-19-20-22-24-26-28-30-32-34-36-53(60)66-51(44-62-40-48(57)38-55)46-64-42-49(58)41-63-45-50(43-61-39-47(56)37-54)65-52(59)35-33-31-29-27-25-23-21-18-16-14-12-10-8-6-4-2/h16,18-20,47-51,54-58H,3-15,17,21-46H2,1-2H3/b18-16-,20-19-. The minimum atomic E-state index is -1.06. The molecule has 0 aromatic heterocycles. The highest BCUT2D eigenvalue weighted by Gasteiger charge is 2.20. The third-order valence-corrected chi connectivity index (χ3v) is 11.3. The van der Waals surface area contributed by atoms with E-state index in [1.807, 2.05) is 0 Å². The van der Waals surface area contributed by atoms with Crippen molar-refractivity contribution in [3.63, 3.8) is 0 Å². The van der Waals surface area contributed by atoms with E-state index >= 15 is 0 Å². The summed E-state index contributed by atoms with van der Waals surface area (Å²) < 4.78 is 33.4. The summed E-state index contributed by atoms with van der Waals surface area (Å²) in [6.45, 7) is 2.78. The lowest BCUT2D eigenvalue weighted by atomic mass is 10.1. The lowest BCUT2D eigenvalue weighted by molar-refractivity contribution is -0.159. The van der Waals surface area contributed by atoms with Gasteiger partial charge in [0.05, 0.1) is 66.1 Å². The van der Waals surface area contributed by atoms with Crippen LogP contribution in [0, 0.1) is 0 Å². The fraction of sp³-hybridized carbons (Fsp3) is 0.887. The van der Waals surface area contributed by atoms with E-state index in [1.165, 1.54) is 116 Å². The molecule has 0 radical (unpaired) electrons. The van der Waals surface area contributed by atoms with Gasteiger partial charge in [0, 0.05) is 12.8 Å². The molecule has 5 unspecified atom stereocenters. The number of hydrogen-bond acceptors (Lipinski definition) is 13. The highest BCUT2D eigenvalue weighted by atomic mass is 16.6. The Morgan fingerprint density at radius 3 is 0.909 bits per heavy atom. The molecule has 390 valence electrons. The summed E-state index contributed by atoms with van der Waals surface area (Å²) in [6, 6.07) is 0. The van der Waals surface area contributed by atoms with Crippen LogP contribution in [-0.2, 0) is 38.0 Å². The Labute approximate surface area is 401 Å². The first-order chi connectivity index (χ1) is 32.2. The van der Waals surface area contributed by atoms with Crippen molar-refractivity contribution in [2.75, 3.05) is 66.1 Å². The normalized spacial score (nSPS) is 14.2. The smallest absolute Gasteiger partial charge is 0.306 e.